The van der Waals surface area contributed by atoms with Crippen LogP contribution >= 0.6 is 0 Å². The largest absolute Gasteiger partial charge is 0.390 e. The highest BCUT2D eigenvalue weighted by atomic mass is 16.3. The molecule has 0 spiro atoms. The van der Waals surface area contributed by atoms with E-state index in [9.17, 15) is 14.7 Å². The van der Waals surface area contributed by atoms with Crippen molar-refractivity contribution in [1.29, 1.82) is 0 Å². The van der Waals surface area contributed by atoms with Crippen LogP contribution in [0.15, 0.2) is 25.3 Å². The molecule has 0 saturated carbocycles. The molecule has 1 aliphatic rings. The van der Waals surface area contributed by atoms with Gasteiger partial charge in [0.15, 0.2) is 0 Å². The molecule has 0 aromatic heterocycles. The van der Waals surface area contributed by atoms with Crippen LogP contribution in [-0.2, 0) is 4.79 Å². The summed E-state index contributed by atoms with van der Waals surface area (Å²) in [6.07, 6.45) is 2.65. The second-order valence-corrected chi connectivity index (χ2v) is 5.42. The van der Waals surface area contributed by atoms with Gasteiger partial charge < -0.3 is 10.4 Å². The Morgan fingerprint density at radius 3 is 2.30 bits per heavy atom. The van der Waals surface area contributed by atoms with E-state index in [1.54, 1.807) is 26.0 Å². The predicted molar refractivity (Wildman–Crippen MR) is 77.2 cm³/mol. The van der Waals surface area contributed by atoms with Gasteiger partial charge in [-0.2, -0.15) is 0 Å². The van der Waals surface area contributed by atoms with E-state index in [0.717, 1.165) is 4.90 Å². The van der Waals surface area contributed by atoms with Crippen molar-refractivity contribution < 1.29 is 14.7 Å². The monoisotopic (exact) mass is 281 g/mol. The Kier molecular flexibility index (Phi) is 5.47. The van der Waals surface area contributed by atoms with Crippen molar-refractivity contribution in [1.82, 2.24) is 15.1 Å². The Balaban J connectivity index is 2.59. The zero-order valence-electron chi connectivity index (χ0n) is 12.1. The van der Waals surface area contributed by atoms with Crippen LogP contribution in [0.2, 0.25) is 0 Å². The fourth-order valence-corrected chi connectivity index (χ4v) is 2.14. The van der Waals surface area contributed by atoms with Gasteiger partial charge in [-0.25, -0.2) is 4.79 Å². The molecule has 112 valence electrons. The maximum Gasteiger partial charge on any atom is 0.325 e. The van der Waals surface area contributed by atoms with E-state index in [2.05, 4.69) is 18.5 Å². The van der Waals surface area contributed by atoms with Crippen LogP contribution in [0.25, 0.3) is 0 Å². The number of aliphatic hydroxyl groups excluding tert-OH is 1. The molecule has 0 bridgehead atoms. The van der Waals surface area contributed by atoms with E-state index in [-0.39, 0.29) is 12.5 Å². The first kappa shape index (κ1) is 16.4. The minimum absolute atomic E-state index is 0.0150. The Bertz CT molecular complexity index is 396. The maximum atomic E-state index is 12.0. The van der Waals surface area contributed by atoms with E-state index >= 15 is 0 Å². The third-order valence-electron chi connectivity index (χ3n) is 3.08. The number of carbonyl (C=O) groups is 2. The summed E-state index contributed by atoms with van der Waals surface area (Å²) >= 11 is 0. The average molecular weight is 281 g/mol. The molecule has 0 unspecified atom stereocenters. The third-order valence-corrected chi connectivity index (χ3v) is 3.08. The second-order valence-electron chi connectivity index (χ2n) is 5.42. The highest BCUT2D eigenvalue weighted by Crippen LogP contribution is 2.16. The minimum Gasteiger partial charge on any atom is -0.390 e. The number of imide groups is 1. The van der Waals surface area contributed by atoms with Gasteiger partial charge >= 0.3 is 6.03 Å². The lowest BCUT2D eigenvalue weighted by atomic mass is 10.1. The minimum atomic E-state index is -0.904. The summed E-state index contributed by atoms with van der Waals surface area (Å²) in [5.41, 5.74) is -0.904. The summed E-state index contributed by atoms with van der Waals surface area (Å²) in [7, 11) is 0. The summed E-state index contributed by atoms with van der Waals surface area (Å²) < 4.78 is 0. The molecule has 1 aliphatic heterocycles. The molecular weight excluding hydrogens is 258 g/mol. The van der Waals surface area contributed by atoms with Crippen LogP contribution < -0.4 is 5.32 Å². The lowest BCUT2D eigenvalue weighted by Gasteiger charge is -2.24. The molecule has 1 atom stereocenters. The standard InChI is InChI=1S/C14H23N3O3/c1-5-7-16(8-6-2)9-11(18)10-17-12(19)14(3,4)15-13(17)20/h5-6,11,18H,1-2,7-10H2,3-4H3,(H,15,20)/t11-/m1/s1. The smallest absolute Gasteiger partial charge is 0.325 e. The molecular formula is C14H23N3O3. The van der Waals surface area contributed by atoms with Crippen LogP contribution in [0.4, 0.5) is 4.79 Å². The van der Waals surface area contributed by atoms with Crippen molar-refractivity contribution in [2.45, 2.75) is 25.5 Å². The number of nitrogens with zero attached hydrogens (tertiary/aromatic N) is 2. The Hall–Kier alpha value is -1.66. The van der Waals surface area contributed by atoms with Gasteiger partial charge in [0.1, 0.15) is 5.54 Å². The number of hydrogen-bond donors (Lipinski definition) is 2. The molecule has 0 aliphatic carbocycles. The number of amides is 3. The first-order chi connectivity index (χ1) is 9.31. The number of hydrogen-bond acceptors (Lipinski definition) is 4. The number of rotatable bonds is 8. The number of β-amino-alcohol motifs (C(OH)–C–C–N with tert-alkyl or cyclic N) is 1. The normalized spacial score (nSPS) is 19.1. The molecule has 1 fully saturated rings. The Morgan fingerprint density at radius 1 is 1.35 bits per heavy atom. The van der Waals surface area contributed by atoms with E-state index < -0.39 is 17.7 Å². The topological polar surface area (TPSA) is 72.9 Å². The van der Waals surface area contributed by atoms with E-state index in [4.69, 9.17) is 0 Å². The Labute approximate surface area is 119 Å². The fourth-order valence-electron chi connectivity index (χ4n) is 2.14. The molecule has 3 amide bonds. The zero-order chi connectivity index (χ0) is 15.3. The van der Waals surface area contributed by atoms with Gasteiger partial charge in [-0.15, -0.1) is 13.2 Å². The zero-order valence-corrected chi connectivity index (χ0v) is 12.1. The van der Waals surface area contributed by atoms with Crippen molar-refractivity contribution in [3.8, 4) is 0 Å². The highest BCUT2D eigenvalue weighted by Gasteiger charge is 2.44. The van der Waals surface area contributed by atoms with Crippen molar-refractivity contribution >= 4 is 11.9 Å². The van der Waals surface area contributed by atoms with Gasteiger partial charge in [-0.05, 0) is 13.8 Å². The van der Waals surface area contributed by atoms with Crippen LogP contribution in [0.5, 0.6) is 0 Å². The van der Waals surface area contributed by atoms with Crippen molar-refractivity contribution in [2.75, 3.05) is 26.2 Å². The van der Waals surface area contributed by atoms with Crippen molar-refractivity contribution in [3.05, 3.63) is 25.3 Å². The van der Waals surface area contributed by atoms with Gasteiger partial charge in [-0.1, -0.05) is 12.2 Å². The molecule has 6 nitrogen and oxygen atoms in total. The van der Waals surface area contributed by atoms with Crippen LogP contribution in [0.1, 0.15) is 13.8 Å². The van der Waals surface area contributed by atoms with E-state index in [0.29, 0.717) is 19.6 Å². The Morgan fingerprint density at radius 2 is 1.90 bits per heavy atom. The molecule has 0 aromatic rings. The number of carbonyl (C=O) groups excluding carboxylic acids is 2. The second kappa shape index (κ2) is 6.67. The first-order valence-corrected chi connectivity index (χ1v) is 6.58. The predicted octanol–water partition coefficient (Wildman–Crippen LogP) is 0.352. The summed E-state index contributed by atoms with van der Waals surface area (Å²) in [6.45, 7) is 12.1. The molecule has 1 heterocycles. The molecule has 0 radical (unpaired) electrons. The van der Waals surface area contributed by atoms with Crippen LogP contribution in [0, 0.1) is 0 Å². The summed E-state index contributed by atoms with van der Waals surface area (Å²) in [6, 6.07) is -0.460. The maximum absolute atomic E-state index is 12.0. The van der Waals surface area contributed by atoms with Crippen molar-refractivity contribution in [2.24, 2.45) is 0 Å². The van der Waals surface area contributed by atoms with Crippen molar-refractivity contribution in [3.63, 3.8) is 0 Å². The molecule has 1 saturated heterocycles. The van der Waals surface area contributed by atoms with Gasteiger partial charge in [0.2, 0.25) is 0 Å². The first-order valence-electron chi connectivity index (χ1n) is 6.58. The van der Waals surface area contributed by atoms with E-state index in [1.807, 2.05) is 4.90 Å². The summed E-state index contributed by atoms with van der Waals surface area (Å²) in [4.78, 5) is 26.7. The highest BCUT2D eigenvalue weighted by molar-refractivity contribution is 6.06. The molecule has 20 heavy (non-hydrogen) atoms. The quantitative estimate of drug-likeness (QED) is 0.497. The van der Waals surface area contributed by atoms with Gasteiger partial charge in [0.25, 0.3) is 5.91 Å². The molecule has 2 N–H and O–H groups in total. The van der Waals surface area contributed by atoms with Gasteiger partial charge in [0, 0.05) is 19.6 Å². The number of aliphatic hydroxyl groups is 1. The van der Waals surface area contributed by atoms with Crippen LogP contribution in [0.3, 0.4) is 0 Å². The SMILES string of the molecule is C=CCN(CC=C)C[C@@H](O)CN1C(=O)NC(C)(C)C1=O. The molecule has 6 heteroatoms. The summed E-state index contributed by atoms with van der Waals surface area (Å²) in [5, 5.41) is 12.6. The summed E-state index contributed by atoms with van der Waals surface area (Å²) in [5.74, 6) is -0.319. The lowest BCUT2D eigenvalue weighted by molar-refractivity contribution is -0.131. The third kappa shape index (κ3) is 3.91. The average Bonchev–Trinajstić information content (AvgIpc) is 2.52. The van der Waals surface area contributed by atoms with E-state index in [1.165, 1.54) is 0 Å². The van der Waals surface area contributed by atoms with Gasteiger partial charge in [-0.3, -0.25) is 14.6 Å². The fraction of sp³-hybridized carbons (Fsp3) is 0.571. The molecule has 1 rings (SSSR count). The lowest BCUT2D eigenvalue weighted by Crippen LogP contribution is -2.44. The van der Waals surface area contributed by atoms with Crippen LogP contribution in [-0.4, -0.2) is 64.7 Å². The number of urea groups is 1. The van der Waals surface area contributed by atoms with Gasteiger partial charge in [0.05, 0.1) is 12.6 Å². The molecule has 0 aromatic carbocycles. The number of nitrogens with one attached hydrogen (secondary N) is 1.